The molecule has 0 heteroatoms. The fraction of sp³-hybridized carbons (Fsp3) is 0.429. The predicted octanol–water partition coefficient (Wildman–Crippen LogP) is 4.37. The van der Waals surface area contributed by atoms with Crippen molar-refractivity contribution in [3.8, 4) is 0 Å². The summed E-state index contributed by atoms with van der Waals surface area (Å²) in [7, 11) is 0. The largest absolute Gasteiger partial charge is 0.0845 e. The van der Waals surface area contributed by atoms with Crippen molar-refractivity contribution in [3.05, 3.63) is 48.6 Å². The quantitative estimate of drug-likeness (QED) is 0.528. The van der Waals surface area contributed by atoms with Crippen LogP contribution in [0.25, 0.3) is 0 Å². The first-order valence-corrected chi connectivity index (χ1v) is 5.53. The molecule has 1 rings (SSSR count). The Kier molecular flexibility index (Phi) is 6.74. The molecule has 0 nitrogen and oxygen atoms in total. The summed E-state index contributed by atoms with van der Waals surface area (Å²) in [5.41, 5.74) is 0. The van der Waals surface area contributed by atoms with Gasteiger partial charge in [-0.25, -0.2) is 0 Å². The highest BCUT2D eigenvalue weighted by Crippen LogP contribution is 2.03. The zero-order valence-electron chi connectivity index (χ0n) is 8.78. The summed E-state index contributed by atoms with van der Waals surface area (Å²) < 4.78 is 0. The van der Waals surface area contributed by atoms with Crippen molar-refractivity contribution in [2.75, 3.05) is 0 Å². The number of hydrogen-bond donors (Lipinski definition) is 0. The molecule has 14 heavy (non-hydrogen) atoms. The highest BCUT2D eigenvalue weighted by molar-refractivity contribution is 5.04. The van der Waals surface area contributed by atoms with Crippen LogP contribution in [-0.4, -0.2) is 0 Å². The summed E-state index contributed by atoms with van der Waals surface area (Å²) in [6.45, 7) is 0. The molecule has 0 spiro atoms. The van der Waals surface area contributed by atoms with Crippen molar-refractivity contribution in [1.29, 1.82) is 0 Å². The molecule has 0 N–H and O–H groups in total. The average molecular weight is 187 g/mol. The third-order valence-corrected chi connectivity index (χ3v) is 2.18. The lowest BCUT2D eigenvalue weighted by Gasteiger charge is -1.92. The van der Waals surface area contributed by atoms with Crippen LogP contribution in [0.1, 0.15) is 38.5 Å². The van der Waals surface area contributed by atoms with Crippen molar-refractivity contribution < 1.29 is 0 Å². The van der Waals surface area contributed by atoms with E-state index in [2.05, 4.69) is 42.5 Å². The number of rotatable bonds is 0. The van der Waals surface area contributed by atoms with Gasteiger partial charge in [0.2, 0.25) is 0 Å². The summed E-state index contributed by atoms with van der Waals surface area (Å²) in [5, 5.41) is 0. The van der Waals surface area contributed by atoms with E-state index in [1.165, 1.54) is 25.7 Å². The van der Waals surface area contributed by atoms with E-state index in [0.29, 0.717) is 0 Å². The second kappa shape index (κ2) is 8.55. The molecule has 0 amide bonds. The van der Waals surface area contributed by atoms with Gasteiger partial charge in [0.1, 0.15) is 0 Å². The molecule has 0 aromatic rings. The van der Waals surface area contributed by atoms with E-state index < -0.39 is 0 Å². The van der Waals surface area contributed by atoms with E-state index >= 15 is 0 Å². The van der Waals surface area contributed by atoms with Crippen molar-refractivity contribution >= 4 is 0 Å². The van der Waals surface area contributed by atoms with Gasteiger partial charge in [0.25, 0.3) is 0 Å². The molecule has 0 heterocycles. The van der Waals surface area contributed by atoms with E-state index in [9.17, 15) is 0 Å². The van der Waals surface area contributed by atoms with E-state index in [1.807, 2.05) is 6.08 Å². The van der Waals surface area contributed by atoms with Gasteiger partial charge in [-0.1, -0.05) is 42.5 Å². The Morgan fingerprint density at radius 1 is 0.714 bits per heavy atom. The van der Waals surface area contributed by atoms with Gasteiger partial charge in [-0.2, -0.15) is 0 Å². The summed E-state index contributed by atoms with van der Waals surface area (Å²) >= 11 is 0. The summed E-state index contributed by atoms with van der Waals surface area (Å²) in [4.78, 5) is 0. The Balaban J connectivity index is 2.34. The van der Waals surface area contributed by atoms with E-state index in [-0.39, 0.29) is 0 Å². The summed E-state index contributed by atoms with van der Waals surface area (Å²) in [6, 6.07) is 0. The molecule has 0 saturated carbocycles. The molecule has 0 aromatic heterocycles. The normalized spacial score (nSPS) is 19.4. The molecule has 0 fully saturated rings. The lowest BCUT2D eigenvalue weighted by Crippen LogP contribution is -1.72. The Morgan fingerprint density at radius 3 is 2.14 bits per heavy atom. The van der Waals surface area contributed by atoms with Gasteiger partial charge in [0.15, 0.2) is 0 Å². The maximum atomic E-state index is 3.25. The summed E-state index contributed by atoms with van der Waals surface area (Å²) in [6.07, 6.45) is 25.5. The Bertz CT molecular complexity index is 202. The predicted molar refractivity (Wildman–Crippen MR) is 62.9 cm³/mol. The van der Waals surface area contributed by atoms with Crippen LogP contribution in [0.2, 0.25) is 0 Å². The number of allylic oxidation sites excluding steroid dienone is 8. The first-order chi connectivity index (χ1) is 7.00. The van der Waals surface area contributed by atoms with Gasteiger partial charge in [-0.3, -0.25) is 0 Å². The minimum Gasteiger partial charge on any atom is -0.0845 e. The van der Waals surface area contributed by atoms with Crippen LogP contribution in [0.4, 0.5) is 0 Å². The zero-order chi connectivity index (χ0) is 9.90. The van der Waals surface area contributed by atoms with E-state index in [0.717, 1.165) is 12.8 Å². The fourth-order valence-electron chi connectivity index (χ4n) is 1.36. The summed E-state index contributed by atoms with van der Waals surface area (Å²) in [5.74, 6) is 0. The van der Waals surface area contributed by atoms with Crippen molar-refractivity contribution in [2.24, 2.45) is 0 Å². The molecule has 0 bridgehead atoms. The lowest BCUT2D eigenvalue weighted by atomic mass is 10.1. The first kappa shape index (κ1) is 11.0. The van der Waals surface area contributed by atoms with E-state index in [4.69, 9.17) is 0 Å². The van der Waals surface area contributed by atoms with Crippen LogP contribution in [0, 0.1) is 6.08 Å². The smallest absolute Gasteiger partial charge is 0.0241 e. The minimum absolute atomic E-state index is 1.02. The maximum absolute atomic E-state index is 3.25. The van der Waals surface area contributed by atoms with Gasteiger partial charge in [0, 0.05) is 0 Å². The molecule has 0 atom stereocenters. The second-order valence-electron chi connectivity index (χ2n) is 3.48. The molecule has 1 radical (unpaired) electrons. The molecule has 1 aliphatic carbocycles. The fourth-order valence-corrected chi connectivity index (χ4v) is 1.36. The highest BCUT2D eigenvalue weighted by atomic mass is 13.9. The lowest BCUT2D eigenvalue weighted by molar-refractivity contribution is 0.762. The molecule has 75 valence electrons. The van der Waals surface area contributed by atoms with Gasteiger partial charge < -0.3 is 0 Å². The average Bonchev–Trinajstić information content (AvgIpc) is 2.22. The van der Waals surface area contributed by atoms with Crippen molar-refractivity contribution in [3.63, 3.8) is 0 Å². The maximum Gasteiger partial charge on any atom is -0.0241 e. The first-order valence-electron chi connectivity index (χ1n) is 5.53. The molecule has 0 aromatic carbocycles. The van der Waals surface area contributed by atoms with Crippen LogP contribution in [0.15, 0.2) is 42.5 Å². The highest BCUT2D eigenvalue weighted by Gasteiger charge is 1.83. The number of hydrogen-bond acceptors (Lipinski definition) is 0. The molecule has 1 aliphatic rings. The molecule has 0 saturated heterocycles. The van der Waals surface area contributed by atoms with Crippen molar-refractivity contribution in [1.82, 2.24) is 0 Å². The topological polar surface area (TPSA) is 0 Å². The van der Waals surface area contributed by atoms with Crippen LogP contribution >= 0.6 is 0 Å². The second-order valence-corrected chi connectivity index (χ2v) is 3.48. The van der Waals surface area contributed by atoms with Gasteiger partial charge in [0.05, 0.1) is 0 Å². The molecule has 0 unspecified atom stereocenters. The van der Waals surface area contributed by atoms with Crippen LogP contribution in [-0.2, 0) is 0 Å². The van der Waals surface area contributed by atoms with Crippen molar-refractivity contribution in [2.45, 2.75) is 38.5 Å². The Morgan fingerprint density at radius 2 is 1.36 bits per heavy atom. The molecule has 0 aliphatic heterocycles. The van der Waals surface area contributed by atoms with Crippen LogP contribution in [0.5, 0.6) is 0 Å². The van der Waals surface area contributed by atoms with Gasteiger partial charge in [-0.05, 0) is 44.6 Å². The monoisotopic (exact) mass is 187 g/mol. The molecular weight excluding hydrogens is 168 g/mol. The third-order valence-electron chi connectivity index (χ3n) is 2.18. The van der Waals surface area contributed by atoms with Crippen LogP contribution in [0.3, 0.4) is 0 Å². The Labute approximate surface area is 87.7 Å². The van der Waals surface area contributed by atoms with Gasteiger partial charge in [-0.15, -0.1) is 0 Å². The molecular formula is C14H19. The SMILES string of the molecule is [C]1=CC=CCCCCC=CC=CCC1. The van der Waals surface area contributed by atoms with E-state index in [1.54, 1.807) is 0 Å². The van der Waals surface area contributed by atoms with Crippen LogP contribution < -0.4 is 0 Å². The standard InChI is InChI=1S/C14H19/c1-2-4-6-8-10-12-14-13-11-9-7-5-3-1/h1-4,12-14H,5-9,11H2. The van der Waals surface area contributed by atoms with Gasteiger partial charge >= 0.3 is 0 Å². The zero-order valence-corrected chi connectivity index (χ0v) is 8.78. The third kappa shape index (κ3) is 6.47. The Hall–Kier alpha value is -1.04. The minimum atomic E-state index is 1.02.